The van der Waals surface area contributed by atoms with Gasteiger partial charge in [-0.3, -0.25) is 24.5 Å². The second-order valence-corrected chi connectivity index (χ2v) is 11.4. The fourth-order valence-electron chi connectivity index (χ4n) is 5.26. The number of carbonyl (C=O) groups excluding carboxylic acids is 2. The third-order valence-electron chi connectivity index (χ3n) is 7.23. The van der Waals surface area contributed by atoms with E-state index in [9.17, 15) is 28.1 Å². The minimum absolute atomic E-state index is 0.00989. The second kappa shape index (κ2) is 10.4. The van der Waals surface area contributed by atoms with Crippen LogP contribution in [-0.4, -0.2) is 31.3 Å². The maximum absolute atomic E-state index is 13.9. The monoisotopic (exact) mass is 585 g/mol. The fourth-order valence-corrected chi connectivity index (χ4v) is 6.21. The van der Waals surface area contributed by atoms with Crippen LogP contribution in [0.5, 0.6) is 5.75 Å². The Balaban J connectivity index is 1.38. The zero-order chi connectivity index (χ0) is 29.6. The van der Waals surface area contributed by atoms with Gasteiger partial charge < -0.3 is 4.18 Å². The molecule has 12 heteroatoms. The van der Waals surface area contributed by atoms with Crippen molar-refractivity contribution in [2.24, 2.45) is 5.92 Å². The maximum Gasteiger partial charge on any atom is 0.339 e. The molecule has 0 N–H and O–H groups in total. The summed E-state index contributed by atoms with van der Waals surface area (Å²) in [5.74, 6) is -1.98. The third kappa shape index (κ3) is 4.66. The zero-order valence-corrected chi connectivity index (χ0v) is 22.9. The highest BCUT2D eigenvalue weighted by Crippen LogP contribution is 2.48. The van der Waals surface area contributed by atoms with E-state index in [0.29, 0.717) is 11.3 Å². The average Bonchev–Trinajstić information content (AvgIpc) is 3.50. The summed E-state index contributed by atoms with van der Waals surface area (Å²) in [6.07, 6.45) is -1.18. The predicted octanol–water partition coefficient (Wildman–Crippen LogP) is 4.72. The lowest BCUT2D eigenvalue weighted by Gasteiger charge is -2.29. The van der Waals surface area contributed by atoms with E-state index >= 15 is 0 Å². The summed E-state index contributed by atoms with van der Waals surface area (Å²) in [4.78, 5) is 45.6. The van der Waals surface area contributed by atoms with Gasteiger partial charge in [0.05, 0.1) is 22.3 Å². The van der Waals surface area contributed by atoms with Crippen molar-refractivity contribution in [3.63, 3.8) is 0 Å². The number of aryl methyl sites for hydroxylation is 1. The van der Waals surface area contributed by atoms with Gasteiger partial charge in [-0.05, 0) is 54.4 Å². The van der Waals surface area contributed by atoms with Crippen molar-refractivity contribution in [1.82, 2.24) is 0 Å². The number of hydrogen-bond donors (Lipinski definition) is 0. The van der Waals surface area contributed by atoms with E-state index in [4.69, 9.17) is 9.02 Å². The molecular weight excluding hydrogens is 562 g/mol. The Hall–Kier alpha value is -5.07. The summed E-state index contributed by atoms with van der Waals surface area (Å²) < 4.78 is 30.7. The number of hydrogen-bond acceptors (Lipinski definition) is 9. The first-order valence-corrected chi connectivity index (χ1v) is 14.3. The van der Waals surface area contributed by atoms with Crippen LogP contribution in [0, 0.1) is 23.0 Å². The number of rotatable bonds is 7. The number of benzene rings is 4. The number of nitrogens with zero attached hydrogens (tertiary/aromatic N) is 3. The SMILES string of the molecule is Cc1ccccc1N1C(=O)[C@@H]2[C@H](ON(c3cccc([N+](=O)[O-])c3)[C@H]2c2ccc(OS(=O)(=O)c3ccccc3)cc2)C1=O. The molecule has 6 rings (SSSR count). The molecule has 2 aliphatic heterocycles. The van der Waals surface area contributed by atoms with Gasteiger partial charge in [0.15, 0.2) is 6.10 Å². The lowest BCUT2D eigenvalue weighted by molar-refractivity contribution is -0.384. The number of hydroxylamine groups is 1. The molecular formula is C30H23N3O8S. The summed E-state index contributed by atoms with van der Waals surface area (Å²) in [6.45, 7) is 1.79. The van der Waals surface area contributed by atoms with Crippen LogP contribution < -0.4 is 14.1 Å². The standard InChI is InChI=1S/C30H23N3O8S/c1-19-8-5-6-13-25(19)31-29(34)26-27(32(40-28(26)30(31)35)21-9-7-10-22(18-21)33(36)37)20-14-16-23(17-15-20)41-42(38,39)24-11-3-2-4-12-24/h2-18,26-28H,1H3/t26-,27-,28-/m0/s1. The zero-order valence-electron chi connectivity index (χ0n) is 22.1. The molecule has 2 fully saturated rings. The second-order valence-electron chi connectivity index (χ2n) is 9.82. The molecule has 0 radical (unpaired) electrons. The van der Waals surface area contributed by atoms with Crippen molar-refractivity contribution in [2.75, 3.05) is 9.96 Å². The number of anilines is 2. The van der Waals surface area contributed by atoms with E-state index in [1.165, 1.54) is 47.5 Å². The summed E-state index contributed by atoms with van der Waals surface area (Å²) in [5, 5.41) is 12.8. The maximum atomic E-state index is 13.9. The number of fused-ring (bicyclic) bond motifs is 1. The van der Waals surface area contributed by atoms with Crippen LogP contribution in [0.2, 0.25) is 0 Å². The van der Waals surface area contributed by atoms with E-state index in [2.05, 4.69) is 0 Å². The number of amides is 2. The molecule has 212 valence electrons. The molecule has 42 heavy (non-hydrogen) atoms. The molecule has 4 aromatic rings. The first kappa shape index (κ1) is 27.1. The van der Waals surface area contributed by atoms with Crippen LogP contribution in [0.25, 0.3) is 0 Å². The molecule has 4 aromatic carbocycles. The Bertz CT molecular complexity index is 1810. The van der Waals surface area contributed by atoms with E-state index in [1.807, 2.05) is 0 Å². The van der Waals surface area contributed by atoms with E-state index in [-0.39, 0.29) is 22.0 Å². The van der Waals surface area contributed by atoms with Gasteiger partial charge in [-0.2, -0.15) is 8.42 Å². The van der Waals surface area contributed by atoms with Crippen LogP contribution in [0.4, 0.5) is 17.1 Å². The smallest absolute Gasteiger partial charge is 0.339 e. The van der Waals surface area contributed by atoms with Gasteiger partial charge in [-0.1, -0.05) is 54.6 Å². The molecule has 0 bridgehead atoms. The summed E-state index contributed by atoms with van der Waals surface area (Å²) in [7, 11) is -4.09. The number of non-ortho nitro benzene ring substituents is 1. The van der Waals surface area contributed by atoms with Gasteiger partial charge in [0, 0.05) is 12.1 Å². The Morgan fingerprint density at radius 1 is 0.857 bits per heavy atom. The Kier molecular flexibility index (Phi) is 6.71. The highest BCUT2D eigenvalue weighted by molar-refractivity contribution is 7.87. The van der Waals surface area contributed by atoms with Crippen LogP contribution >= 0.6 is 0 Å². The van der Waals surface area contributed by atoms with Gasteiger partial charge >= 0.3 is 10.1 Å². The molecule has 0 aliphatic carbocycles. The van der Waals surface area contributed by atoms with Crippen LogP contribution in [0.3, 0.4) is 0 Å². The lowest BCUT2D eigenvalue weighted by Crippen LogP contribution is -2.37. The molecule has 0 spiro atoms. The van der Waals surface area contributed by atoms with Crippen molar-refractivity contribution in [3.05, 3.63) is 124 Å². The molecule has 0 aromatic heterocycles. The minimum Gasteiger partial charge on any atom is -0.379 e. The molecule has 0 saturated carbocycles. The quantitative estimate of drug-likeness (QED) is 0.131. The van der Waals surface area contributed by atoms with Gasteiger partial charge in [0.2, 0.25) is 5.91 Å². The number of imide groups is 1. The summed E-state index contributed by atoms with van der Waals surface area (Å²) >= 11 is 0. The van der Waals surface area contributed by atoms with Crippen LogP contribution in [0.1, 0.15) is 17.2 Å². The van der Waals surface area contributed by atoms with Crippen molar-refractivity contribution in [2.45, 2.75) is 24.0 Å². The van der Waals surface area contributed by atoms with Crippen molar-refractivity contribution in [3.8, 4) is 5.75 Å². The van der Waals surface area contributed by atoms with E-state index in [1.54, 1.807) is 67.6 Å². The Labute approximate surface area is 240 Å². The first-order chi connectivity index (χ1) is 20.2. The Morgan fingerprint density at radius 2 is 1.55 bits per heavy atom. The van der Waals surface area contributed by atoms with Crippen molar-refractivity contribution >= 4 is 39.0 Å². The molecule has 11 nitrogen and oxygen atoms in total. The third-order valence-corrected chi connectivity index (χ3v) is 8.49. The average molecular weight is 586 g/mol. The minimum atomic E-state index is -4.09. The molecule has 3 atom stereocenters. The van der Waals surface area contributed by atoms with Crippen molar-refractivity contribution in [1.29, 1.82) is 0 Å². The normalized spacial score (nSPS) is 20.1. The number of nitro benzene ring substituents is 1. The van der Waals surface area contributed by atoms with Crippen LogP contribution in [-0.2, 0) is 24.5 Å². The van der Waals surface area contributed by atoms with Crippen LogP contribution in [0.15, 0.2) is 108 Å². The number of nitro groups is 1. The highest BCUT2D eigenvalue weighted by Gasteiger charge is 2.60. The van der Waals surface area contributed by atoms with Crippen molar-refractivity contribution < 1.29 is 32.0 Å². The van der Waals surface area contributed by atoms with E-state index < -0.39 is 44.9 Å². The van der Waals surface area contributed by atoms with E-state index in [0.717, 1.165) is 10.5 Å². The van der Waals surface area contributed by atoms with Gasteiger partial charge in [0.25, 0.3) is 11.6 Å². The topological polar surface area (TPSA) is 136 Å². The molecule has 0 unspecified atom stereocenters. The lowest BCUT2D eigenvalue weighted by atomic mass is 9.90. The van der Waals surface area contributed by atoms with Gasteiger partial charge in [0.1, 0.15) is 16.6 Å². The first-order valence-electron chi connectivity index (χ1n) is 12.9. The van der Waals surface area contributed by atoms with Gasteiger partial charge in [-0.15, -0.1) is 0 Å². The largest absolute Gasteiger partial charge is 0.379 e. The molecule has 2 aliphatic rings. The summed E-state index contributed by atoms with van der Waals surface area (Å²) in [6, 6.07) is 25.5. The Morgan fingerprint density at radius 3 is 2.24 bits per heavy atom. The fraction of sp³-hybridized carbons (Fsp3) is 0.133. The highest BCUT2D eigenvalue weighted by atomic mass is 32.2. The van der Waals surface area contributed by atoms with Gasteiger partial charge in [-0.25, -0.2) is 9.96 Å². The molecule has 2 amide bonds. The molecule has 2 saturated heterocycles. The number of para-hydroxylation sites is 1. The predicted molar refractivity (Wildman–Crippen MR) is 151 cm³/mol. The number of carbonyl (C=O) groups is 2. The molecule has 2 heterocycles. The summed E-state index contributed by atoms with van der Waals surface area (Å²) in [5.41, 5.74) is 1.76.